The van der Waals surface area contributed by atoms with Crippen LogP contribution in [0, 0.1) is 0 Å². The summed E-state index contributed by atoms with van der Waals surface area (Å²) in [6.45, 7) is 1.76. The van der Waals surface area contributed by atoms with Gasteiger partial charge in [-0.05, 0) is 11.1 Å². The van der Waals surface area contributed by atoms with E-state index in [0.29, 0.717) is 17.5 Å². The van der Waals surface area contributed by atoms with Gasteiger partial charge in [0.2, 0.25) is 6.29 Å². The highest BCUT2D eigenvalue weighted by molar-refractivity contribution is 6.08. The molecule has 2 heteroatoms. The molecule has 0 unspecified atom stereocenters. The lowest BCUT2D eigenvalue weighted by Gasteiger charge is -2.26. The van der Waals surface area contributed by atoms with Gasteiger partial charge in [-0.3, -0.25) is 9.59 Å². The highest BCUT2D eigenvalue weighted by Gasteiger charge is 2.41. The standard InChI is InChI=1S/C17H15O2/c1-2-16(19)17(13-18,14-9-5-3-6-10-14)15-11-7-4-8-12-15/h3-12H,2H2,1H3. The molecule has 2 aromatic carbocycles. The molecule has 19 heavy (non-hydrogen) atoms. The van der Waals surface area contributed by atoms with Crippen LogP contribution in [0.5, 0.6) is 0 Å². The molecule has 0 atom stereocenters. The molecule has 0 saturated carbocycles. The summed E-state index contributed by atoms with van der Waals surface area (Å²) in [5.74, 6) is -0.139. The van der Waals surface area contributed by atoms with Gasteiger partial charge in [0.15, 0.2) is 5.78 Å². The normalized spacial score (nSPS) is 11.0. The number of benzene rings is 2. The number of carbonyl (C=O) groups excluding carboxylic acids is 2. The summed E-state index contributed by atoms with van der Waals surface area (Å²) in [4.78, 5) is 24.1. The van der Waals surface area contributed by atoms with Crippen LogP contribution in [0.1, 0.15) is 24.5 Å². The molecule has 0 fully saturated rings. The summed E-state index contributed by atoms with van der Waals surface area (Å²) >= 11 is 0. The molecular weight excluding hydrogens is 236 g/mol. The van der Waals surface area contributed by atoms with Crippen molar-refractivity contribution >= 4 is 12.1 Å². The third kappa shape index (κ3) is 2.22. The first-order valence-corrected chi connectivity index (χ1v) is 6.29. The molecule has 95 valence electrons. The van der Waals surface area contributed by atoms with Gasteiger partial charge in [0.25, 0.3) is 0 Å². The number of hydrogen-bond donors (Lipinski definition) is 0. The molecule has 0 aliphatic carbocycles. The average molecular weight is 251 g/mol. The Morgan fingerprint density at radius 1 is 0.947 bits per heavy atom. The van der Waals surface area contributed by atoms with E-state index in [1.807, 2.05) is 42.7 Å². The Balaban J connectivity index is 2.69. The van der Waals surface area contributed by atoms with E-state index >= 15 is 0 Å². The van der Waals surface area contributed by atoms with E-state index in [9.17, 15) is 9.59 Å². The molecule has 0 saturated heterocycles. The summed E-state index contributed by atoms with van der Waals surface area (Å²) in [6, 6.07) is 18.2. The van der Waals surface area contributed by atoms with Crippen LogP contribution in [-0.4, -0.2) is 12.1 Å². The maximum absolute atomic E-state index is 12.4. The van der Waals surface area contributed by atoms with Crippen molar-refractivity contribution in [1.82, 2.24) is 0 Å². The summed E-state index contributed by atoms with van der Waals surface area (Å²) < 4.78 is 0. The van der Waals surface area contributed by atoms with E-state index in [4.69, 9.17) is 0 Å². The van der Waals surface area contributed by atoms with Crippen LogP contribution in [0.3, 0.4) is 0 Å². The SMILES string of the molecule is CCC(=O)C([C]=O)(c1ccccc1)c1ccccc1. The second-order valence-electron chi connectivity index (χ2n) is 4.36. The van der Waals surface area contributed by atoms with Crippen molar-refractivity contribution in [2.75, 3.05) is 0 Å². The molecule has 1 radical (unpaired) electrons. The first-order chi connectivity index (χ1) is 9.25. The molecule has 2 rings (SSSR count). The molecule has 0 bridgehead atoms. The molecular formula is C17H15O2. The van der Waals surface area contributed by atoms with Crippen LogP contribution >= 0.6 is 0 Å². The average Bonchev–Trinajstić information content (AvgIpc) is 2.50. The molecule has 0 heterocycles. The zero-order valence-electron chi connectivity index (χ0n) is 10.8. The minimum absolute atomic E-state index is 0.139. The van der Waals surface area contributed by atoms with Gasteiger partial charge in [0.05, 0.1) is 0 Å². The Hall–Kier alpha value is -2.22. The van der Waals surface area contributed by atoms with Gasteiger partial charge in [-0.25, -0.2) is 0 Å². The second kappa shape index (κ2) is 5.61. The van der Waals surface area contributed by atoms with Crippen molar-refractivity contribution in [3.8, 4) is 0 Å². The third-order valence-corrected chi connectivity index (χ3v) is 3.31. The largest absolute Gasteiger partial charge is 0.298 e. The fraction of sp³-hybridized carbons (Fsp3) is 0.176. The Bertz CT molecular complexity index is 519. The van der Waals surface area contributed by atoms with E-state index in [1.165, 1.54) is 0 Å². The van der Waals surface area contributed by atoms with Crippen LogP contribution in [0.2, 0.25) is 0 Å². The number of ketones is 1. The van der Waals surface area contributed by atoms with Gasteiger partial charge in [-0.2, -0.15) is 0 Å². The quantitative estimate of drug-likeness (QED) is 0.765. The monoisotopic (exact) mass is 251 g/mol. The van der Waals surface area contributed by atoms with Crippen LogP contribution in [0.25, 0.3) is 0 Å². The molecule has 0 spiro atoms. The number of hydrogen-bond acceptors (Lipinski definition) is 2. The highest BCUT2D eigenvalue weighted by Crippen LogP contribution is 2.32. The third-order valence-electron chi connectivity index (χ3n) is 3.31. The van der Waals surface area contributed by atoms with E-state index in [1.54, 1.807) is 31.2 Å². The summed E-state index contributed by atoms with van der Waals surface area (Å²) in [5, 5.41) is 0. The smallest absolute Gasteiger partial charge is 0.222 e. The van der Waals surface area contributed by atoms with Crippen LogP contribution in [-0.2, 0) is 15.0 Å². The first kappa shape index (κ1) is 13.2. The van der Waals surface area contributed by atoms with Crippen molar-refractivity contribution < 1.29 is 9.59 Å². The summed E-state index contributed by atoms with van der Waals surface area (Å²) in [5.41, 5.74) is 0.0307. The van der Waals surface area contributed by atoms with Crippen molar-refractivity contribution in [2.45, 2.75) is 18.8 Å². The van der Waals surface area contributed by atoms with Crippen molar-refractivity contribution in [1.29, 1.82) is 0 Å². The van der Waals surface area contributed by atoms with Gasteiger partial charge >= 0.3 is 0 Å². The van der Waals surface area contributed by atoms with E-state index < -0.39 is 5.41 Å². The molecule has 2 nitrogen and oxygen atoms in total. The molecule has 2 aromatic rings. The van der Waals surface area contributed by atoms with Crippen molar-refractivity contribution in [3.63, 3.8) is 0 Å². The van der Waals surface area contributed by atoms with Gasteiger partial charge in [0, 0.05) is 6.42 Å². The molecule has 0 N–H and O–H groups in total. The summed E-state index contributed by atoms with van der Waals surface area (Å²) in [7, 11) is 0. The van der Waals surface area contributed by atoms with Gasteiger partial charge < -0.3 is 0 Å². The van der Waals surface area contributed by atoms with Crippen LogP contribution in [0.15, 0.2) is 60.7 Å². The zero-order valence-corrected chi connectivity index (χ0v) is 10.8. The lowest BCUT2D eigenvalue weighted by Crippen LogP contribution is -2.38. The molecule has 0 aromatic heterocycles. The second-order valence-corrected chi connectivity index (χ2v) is 4.36. The maximum atomic E-state index is 12.4. The Kier molecular flexibility index (Phi) is 3.91. The Labute approximate surface area is 113 Å². The lowest BCUT2D eigenvalue weighted by molar-refractivity contribution is -0.120. The van der Waals surface area contributed by atoms with Gasteiger partial charge in [-0.15, -0.1) is 0 Å². The maximum Gasteiger partial charge on any atom is 0.222 e. The zero-order chi connectivity index (χ0) is 13.7. The first-order valence-electron chi connectivity index (χ1n) is 6.29. The fourth-order valence-electron chi connectivity index (χ4n) is 2.30. The van der Waals surface area contributed by atoms with Crippen molar-refractivity contribution in [2.24, 2.45) is 0 Å². The highest BCUT2D eigenvalue weighted by atomic mass is 16.1. The predicted molar refractivity (Wildman–Crippen MR) is 74.7 cm³/mol. The van der Waals surface area contributed by atoms with Crippen LogP contribution < -0.4 is 0 Å². The minimum Gasteiger partial charge on any atom is -0.298 e. The number of rotatable bonds is 5. The number of carbonyl (C=O) groups is 1. The Morgan fingerprint density at radius 3 is 1.68 bits per heavy atom. The molecule has 0 aliphatic rings. The lowest BCUT2D eigenvalue weighted by atomic mass is 9.72. The topological polar surface area (TPSA) is 34.1 Å². The van der Waals surface area contributed by atoms with Crippen molar-refractivity contribution in [3.05, 3.63) is 71.8 Å². The summed E-state index contributed by atoms with van der Waals surface area (Å²) in [6.07, 6.45) is 2.29. The number of Topliss-reactive ketones (excluding diaryl/α,β-unsaturated/α-hetero) is 1. The fourth-order valence-corrected chi connectivity index (χ4v) is 2.30. The van der Waals surface area contributed by atoms with Gasteiger partial charge in [-0.1, -0.05) is 67.6 Å². The molecule has 0 aliphatic heterocycles. The van der Waals surface area contributed by atoms with Crippen LogP contribution in [0.4, 0.5) is 0 Å². The van der Waals surface area contributed by atoms with E-state index in [0.717, 1.165) is 0 Å². The van der Waals surface area contributed by atoms with E-state index in [-0.39, 0.29) is 5.78 Å². The molecule has 0 amide bonds. The minimum atomic E-state index is -1.31. The van der Waals surface area contributed by atoms with Gasteiger partial charge in [0.1, 0.15) is 5.41 Å². The Morgan fingerprint density at radius 2 is 1.37 bits per heavy atom. The predicted octanol–water partition coefficient (Wildman–Crippen LogP) is 3.06. The van der Waals surface area contributed by atoms with E-state index in [2.05, 4.69) is 0 Å².